The molecule has 0 aliphatic carbocycles. The zero-order valence-corrected chi connectivity index (χ0v) is 13.8. The summed E-state index contributed by atoms with van der Waals surface area (Å²) in [5.41, 5.74) is 3.38. The van der Waals surface area contributed by atoms with E-state index in [1.807, 2.05) is 42.5 Å². The lowest BCUT2D eigenvalue weighted by atomic mass is 10.2. The first-order valence-corrected chi connectivity index (χ1v) is 7.85. The van der Waals surface area contributed by atoms with Crippen LogP contribution in [0.3, 0.4) is 0 Å². The van der Waals surface area contributed by atoms with Crippen LogP contribution < -0.4 is 5.32 Å². The van der Waals surface area contributed by atoms with E-state index in [0.717, 1.165) is 15.7 Å². The first-order chi connectivity index (χ1) is 10.7. The highest BCUT2D eigenvalue weighted by atomic mass is 79.9. The quantitative estimate of drug-likeness (QED) is 0.737. The SMILES string of the molecule is Cc1ccc(NCc2nnc(Cc3ccccc3)o2)cc1Br. The van der Waals surface area contributed by atoms with Crippen LogP contribution in [0.1, 0.15) is 22.9 Å². The summed E-state index contributed by atoms with van der Waals surface area (Å²) >= 11 is 3.52. The standard InChI is InChI=1S/C17H16BrN3O/c1-12-7-8-14(10-15(12)18)19-11-17-21-20-16(22-17)9-13-5-3-2-4-6-13/h2-8,10,19H,9,11H2,1H3. The van der Waals surface area contributed by atoms with Gasteiger partial charge in [0.2, 0.25) is 11.8 Å². The number of benzene rings is 2. The minimum Gasteiger partial charge on any atom is -0.423 e. The highest BCUT2D eigenvalue weighted by Crippen LogP contribution is 2.21. The molecular weight excluding hydrogens is 342 g/mol. The van der Waals surface area contributed by atoms with Crippen LogP contribution in [0.2, 0.25) is 0 Å². The van der Waals surface area contributed by atoms with Gasteiger partial charge in [0.1, 0.15) is 0 Å². The van der Waals surface area contributed by atoms with Gasteiger partial charge in [-0.05, 0) is 30.2 Å². The number of anilines is 1. The molecule has 0 atom stereocenters. The number of aromatic nitrogens is 2. The second-order valence-corrected chi connectivity index (χ2v) is 5.92. The van der Waals surface area contributed by atoms with Gasteiger partial charge in [-0.1, -0.05) is 52.3 Å². The Labute approximate surface area is 137 Å². The number of nitrogens with one attached hydrogen (secondary N) is 1. The van der Waals surface area contributed by atoms with Crippen molar-refractivity contribution >= 4 is 21.6 Å². The van der Waals surface area contributed by atoms with Crippen molar-refractivity contribution in [3.63, 3.8) is 0 Å². The zero-order chi connectivity index (χ0) is 15.4. The van der Waals surface area contributed by atoms with Gasteiger partial charge in [-0.3, -0.25) is 0 Å². The average Bonchev–Trinajstić information content (AvgIpc) is 2.97. The number of nitrogens with zero attached hydrogens (tertiary/aromatic N) is 2. The van der Waals surface area contributed by atoms with Crippen molar-refractivity contribution in [2.24, 2.45) is 0 Å². The van der Waals surface area contributed by atoms with E-state index in [2.05, 4.69) is 44.4 Å². The Morgan fingerprint density at radius 3 is 2.59 bits per heavy atom. The minimum atomic E-state index is 0.511. The summed E-state index contributed by atoms with van der Waals surface area (Å²) in [5, 5.41) is 11.4. The molecule has 0 spiro atoms. The van der Waals surface area contributed by atoms with Gasteiger partial charge in [-0.25, -0.2) is 0 Å². The van der Waals surface area contributed by atoms with E-state index in [0.29, 0.717) is 24.7 Å². The molecule has 1 aromatic heterocycles. The van der Waals surface area contributed by atoms with Gasteiger partial charge in [-0.2, -0.15) is 0 Å². The van der Waals surface area contributed by atoms with Crippen LogP contribution in [0, 0.1) is 6.92 Å². The lowest BCUT2D eigenvalue weighted by Gasteiger charge is -2.05. The molecule has 0 aliphatic heterocycles. The molecule has 1 N–H and O–H groups in total. The van der Waals surface area contributed by atoms with Crippen molar-refractivity contribution in [2.45, 2.75) is 19.9 Å². The summed E-state index contributed by atoms with van der Waals surface area (Å²) < 4.78 is 6.74. The van der Waals surface area contributed by atoms with E-state index in [1.54, 1.807) is 0 Å². The third-order valence-corrected chi connectivity index (χ3v) is 4.18. The summed E-state index contributed by atoms with van der Waals surface area (Å²) in [5.74, 6) is 1.22. The van der Waals surface area contributed by atoms with Crippen LogP contribution in [0.5, 0.6) is 0 Å². The molecule has 3 rings (SSSR count). The topological polar surface area (TPSA) is 51.0 Å². The number of aryl methyl sites for hydroxylation is 1. The van der Waals surface area contributed by atoms with E-state index >= 15 is 0 Å². The van der Waals surface area contributed by atoms with Crippen molar-refractivity contribution < 1.29 is 4.42 Å². The van der Waals surface area contributed by atoms with E-state index in [-0.39, 0.29) is 0 Å². The van der Waals surface area contributed by atoms with Gasteiger partial charge in [0.25, 0.3) is 0 Å². The lowest BCUT2D eigenvalue weighted by Crippen LogP contribution is -1.99. The van der Waals surface area contributed by atoms with Crippen LogP contribution in [-0.4, -0.2) is 10.2 Å². The lowest BCUT2D eigenvalue weighted by molar-refractivity contribution is 0.464. The predicted octanol–water partition coefficient (Wildman–Crippen LogP) is 4.34. The molecule has 1 heterocycles. The fourth-order valence-electron chi connectivity index (χ4n) is 2.08. The molecule has 3 aromatic rings. The molecule has 0 amide bonds. The van der Waals surface area contributed by atoms with Gasteiger partial charge in [0.05, 0.1) is 13.0 Å². The van der Waals surface area contributed by atoms with Gasteiger partial charge < -0.3 is 9.73 Å². The number of hydrogen-bond donors (Lipinski definition) is 1. The second kappa shape index (κ2) is 6.75. The number of halogens is 1. The monoisotopic (exact) mass is 357 g/mol. The van der Waals surface area contributed by atoms with Gasteiger partial charge in [-0.15, -0.1) is 10.2 Å². The number of hydrogen-bond acceptors (Lipinski definition) is 4. The maximum atomic E-state index is 5.67. The maximum absolute atomic E-state index is 5.67. The fourth-order valence-corrected chi connectivity index (χ4v) is 2.46. The normalized spacial score (nSPS) is 10.6. The van der Waals surface area contributed by atoms with E-state index < -0.39 is 0 Å². The maximum Gasteiger partial charge on any atom is 0.235 e. The third kappa shape index (κ3) is 3.74. The predicted molar refractivity (Wildman–Crippen MR) is 89.8 cm³/mol. The fraction of sp³-hybridized carbons (Fsp3) is 0.176. The summed E-state index contributed by atoms with van der Waals surface area (Å²) in [7, 11) is 0. The Morgan fingerprint density at radius 2 is 1.82 bits per heavy atom. The van der Waals surface area contributed by atoms with Crippen LogP contribution in [0.15, 0.2) is 57.4 Å². The molecule has 0 bridgehead atoms. The molecule has 4 nitrogen and oxygen atoms in total. The van der Waals surface area contributed by atoms with Crippen LogP contribution in [-0.2, 0) is 13.0 Å². The Morgan fingerprint density at radius 1 is 1.05 bits per heavy atom. The van der Waals surface area contributed by atoms with Crippen LogP contribution >= 0.6 is 15.9 Å². The Hall–Kier alpha value is -2.14. The molecule has 22 heavy (non-hydrogen) atoms. The highest BCUT2D eigenvalue weighted by molar-refractivity contribution is 9.10. The van der Waals surface area contributed by atoms with E-state index in [9.17, 15) is 0 Å². The van der Waals surface area contributed by atoms with Crippen molar-refractivity contribution in [1.29, 1.82) is 0 Å². The first-order valence-electron chi connectivity index (χ1n) is 7.06. The Balaban J connectivity index is 1.61. The summed E-state index contributed by atoms with van der Waals surface area (Å²) in [4.78, 5) is 0. The van der Waals surface area contributed by atoms with Crippen LogP contribution in [0.4, 0.5) is 5.69 Å². The first kappa shape index (κ1) is 14.8. The zero-order valence-electron chi connectivity index (χ0n) is 12.2. The summed E-state index contributed by atoms with van der Waals surface area (Å²) in [6, 6.07) is 16.2. The summed E-state index contributed by atoms with van der Waals surface area (Å²) in [6.07, 6.45) is 0.657. The molecule has 0 radical (unpaired) electrons. The van der Waals surface area contributed by atoms with E-state index in [1.165, 1.54) is 5.56 Å². The highest BCUT2D eigenvalue weighted by Gasteiger charge is 2.07. The Kier molecular flexibility index (Phi) is 4.53. The van der Waals surface area contributed by atoms with Crippen molar-refractivity contribution in [3.8, 4) is 0 Å². The number of rotatable bonds is 5. The molecule has 0 saturated carbocycles. The average molecular weight is 358 g/mol. The minimum absolute atomic E-state index is 0.511. The van der Waals surface area contributed by atoms with Crippen LogP contribution in [0.25, 0.3) is 0 Å². The molecule has 0 aliphatic rings. The van der Waals surface area contributed by atoms with Crippen molar-refractivity contribution in [2.75, 3.05) is 5.32 Å². The molecule has 0 fully saturated rings. The largest absolute Gasteiger partial charge is 0.423 e. The smallest absolute Gasteiger partial charge is 0.235 e. The molecular formula is C17H16BrN3O. The van der Waals surface area contributed by atoms with Gasteiger partial charge in [0, 0.05) is 10.2 Å². The molecule has 5 heteroatoms. The molecule has 112 valence electrons. The van der Waals surface area contributed by atoms with Gasteiger partial charge in [0.15, 0.2) is 0 Å². The molecule has 2 aromatic carbocycles. The molecule has 0 unspecified atom stereocenters. The third-order valence-electron chi connectivity index (χ3n) is 3.32. The van der Waals surface area contributed by atoms with Crippen molar-refractivity contribution in [1.82, 2.24) is 10.2 Å². The van der Waals surface area contributed by atoms with E-state index in [4.69, 9.17) is 4.42 Å². The molecule has 0 saturated heterocycles. The van der Waals surface area contributed by atoms with Gasteiger partial charge >= 0.3 is 0 Å². The Bertz CT molecular complexity index is 756. The second-order valence-electron chi connectivity index (χ2n) is 5.07. The van der Waals surface area contributed by atoms with Crippen molar-refractivity contribution in [3.05, 3.63) is 75.9 Å². The summed E-state index contributed by atoms with van der Waals surface area (Å²) in [6.45, 7) is 2.57.